The molecule has 0 aromatic carbocycles. The fourth-order valence-electron chi connectivity index (χ4n) is 1.63. The molecule has 0 heterocycles. The SMILES string of the molecule is [CH2]CCCNC(=O)NC1CCCC1. The van der Waals surface area contributed by atoms with E-state index >= 15 is 0 Å². The van der Waals surface area contributed by atoms with E-state index in [4.69, 9.17) is 0 Å². The minimum Gasteiger partial charge on any atom is -0.338 e. The first-order chi connectivity index (χ1) is 6.33. The summed E-state index contributed by atoms with van der Waals surface area (Å²) in [6, 6.07) is 0.403. The summed E-state index contributed by atoms with van der Waals surface area (Å²) in [6.45, 7) is 4.45. The number of carbonyl (C=O) groups is 1. The Bertz CT molecular complexity index is 153. The van der Waals surface area contributed by atoms with Crippen molar-refractivity contribution >= 4 is 6.03 Å². The molecule has 0 atom stereocenters. The molecule has 1 aliphatic carbocycles. The molecule has 1 saturated carbocycles. The van der Waals surface area contributed by atoms with E-state index < -0.39 is 0 Å². The quantitative estimate of drug-likeness (QED) is 0.641. The van der Waals surface area contributed by atoms with E-state index in [1.807, 2.05) is 0 Å². The highest BCUT2D eigenvalue weighted by Crippen LogP contribution is 2.17. The molecule has 3 nitrogen and oxygen atoms in total. The van der Waals surface area contributed by atoms with Crippen LogP contribution in [0.5, 0.6) is 0 Å². The lowest BCUT2D eigenvalue weighted by molar-refractivity contribution is 0.237. The summed E-state index contributed by atoms with van der Waals surface area (Å²) in [6.07, 6.45) is 6.63. The molecular formula is C10H19N2O. The van der Waals surface area contributed by atoms with Crippen LogP contribution in [-0.4, -0.2) is 18.6 Å². The topological polar surface area (TPSA) is 41.1 Å². The standard InChI is InChI=1S/C10H19N2O/c1-2-3-8-11-10(13)12-9-6-4-5-7-9/h9H,1-8H2,(H2,11,12,13). The van der Waals surface area contributed by atoms with Crippen molar-refractivity contribution in [3.05, 3.63) is 6.92 Å². The Morgan fingerprint density at radius 1 is 1.38 bits per heavy atom. The highest BCUT2D eigenvalue weighted by Gasteiger charge is 2.16. The van der Waals surface area contributed by atoms with Crippen molar-refractivity contribution in [3.63, 3.8) is 0 Å². The van der Waals surface area contributed by atoms with Crippen molar-refractivity contribution in [2.75, 3.05) is 6.54 Å². The van der Waals surface area contributed by atoms with Crippen LogP contribution in [0.1, 0.15) is 38.5 Å². The predicted molar refractivity (Wildman–Crippen MR) is 53.4 cm³/mol. The zero-order valence-corrected chi connectivity index (χ0v) is 8.14. The van der Waals surface area contributed by atoms with Gasteiger partial charge in [0.1, 0.15) is 0 Å². The molecule has 1 rings (SSSR count). The van der Waals surface area contributed by atoms with Gasteiger partial charge in [0.2, 0.25) is 0 Å². The molecule has 1 fully saturated rings. The second kappa shape index (κ2) is 5.84. The molecule has 1 aliphatic rings. The van der Waals surface area contributed by atoms with E-state index in [0.717, 1.165) is 32.2 Å². The van der Waals surface area contributed by atoms with Crippen molar-refractivity contribution in [2.45, 2.75) is 44.6 Å². The van der Waals surface area contributed by atoms with Gasteiger partial charge in [-0.05, 0) is 19.3 Å². The first-order valence-electron chi connectivity index (χ1n) is 5.16. The van der Waals surface area contributed by atoms with Crippen LogP contribution < -0.4 is 10.6 Å². The van der Waals surface area contributed by atoms with Crippen molar-refractivity contribution in [3.8, 4) is 0 Å². The van der Waals surface area contributed by atoms with Gasteiger partial charge in [-0.15, -0.1) is 0 Å². The molecule has 3 heteroatoms. The van der Waals surface area contributed by atoms with Crippen molar-refractivity contribution in [1.29, 1.82) is 0 Å². The zero-order chi connectivity index (χ0) is 9.52. The Labute approximate surface area is 80.3 Å². The number of amides is 2. The van der Waals surface area contributed by atoms with Crippen LogP contribution >= 0.6 is 0 Å². The van der Waals surface area contributed by atoms with Crippen LogP contribution in [0.3, 0.4) is 0 Å². The summed E-state index contributed by atoms with van der Waals surface area (Å²) >= 11 is 0. The van der Waals surface area contributed by atoms with Crippen molar-refractivity contribution < 1.29 is 4.79 Å². The summed E-state index contributed by atoms with van der Waals surface area (Å²) in [4.78, 5) is 11.2. The largest absolute Gasteiger partial charge is 0.338 e. The second-order valence-corrected chi connectivity index (χ2v) is 3.59. The van der Waals surface area contributed by atoms with Crippen LogP contribution in [0.2, 0.25) is 0 Å². The summed E-state index contributed by atoms with van der Waals surface area (Å²) in [5.41, 5.74) is 0. The van der Waals surface area contributed by atoms with E-state index in [9.17, 15) is 4.79 Å². The average Bonchev–Trinajstić information content (AvgIpc) is 2.57. The van der Waals surface area contributed by atoms with Gasteiger partial charge >= 0.3 is 6.03 Å². The second-order valence-electron chi connectivity index (χ2n) is 3.59. The van der Waals surface area contributed by atoms with Gasteiger partial charge in [0.25, 0.3) is 0 Å². The minimum absolute atomic E-state index is 0.0136. The van der Waals surface area contributed by atoms with Gasteiger partial charge in [-0.25, -0.2) is 4.79 Å². The molecule has 0 aromatic heterocycles. The molecule has 0 aliphatic heterocycles. The monoisotopic (exact) mass is 183 g/mol. The Hall–Kier alpha value is -0.730. The zero-order valence-electron chi connectivity index (χ0n) is 8.14. The molecular weight excluding hydrogens is 164 g/mol. The molecule has 2 amide bonds. The van der Waals surface area contributed by atoms with Gasteiger partial charge in [-0.3, -0.25) is 0 Å². The minimum atomic E-state index is -0.0136. The maximum Gasteiger partial charge on any atom is 0.315 e. The third kappa shape index (κ3) is 4.15. The lowest BCUT2D eigenvalue weighted by Crippen LogP contribution is -2.41. The predicted octanol–water partition coefficient (Wildman–Crippen LogP) is 1.84. The fourth-order valence-corrected chi connectivity index (χ4v) is 1.63. The molecule has 75 valence electrons. The maximum atomic E-state index is 11.2. The number of unbranched alkanes of at least 4 members (excludes halogenated alkanes) is 1. The average molecular weight is 183 g/mol. The van der Waals surface area contributed by atoms with E-state index in [1.165, 1.54) is 12.8 Å². The summed E-state index contributed by atoms with van der Waals surface area (Å²) in [5.74, 6) is 0. The Morgan fingerprint density at radius 2 is 2.08 bits per heavy atom. The first-order valence-corrected chi connectivity index (χ1v) is 5.16. The van der Waals surface area contributed by atoms with E-state index in [2.05, 4.69) is 17.6 Å². The fraction of sp³-hybridized carbons (Fsp3) is 0.800. The first kappa shape index (κ1) is 10.4. The Balaban J connectivity index is 2.02. The molecule has 0 aromatic rings. The van der Waals surface area contributed by atoms with Gasteiger partial charge in [-0.1, -0.05) is 26.2 Å². The van der Waals surface area contributed by atoms with Gasteiger partial charge in [0.15, 0.2) is 0 Å². The van der Waals surface area contributed by atoms with Crippen molar-refractivity contribution in [2.24, 2.45) is 0 Å². The highest BCUT2D eigenvalue weighted by atomic mass is 16.2. The lowest BCUT2D eigenvalue weighted by Gasteiger charge is -2.12. The lowest BCUT2D eigenvalue weighted by atomic mass is 10.2. The normalized spacial score (nSPS) is 17.3. The Morgan fingerprint density at radius 3 is 2.69 bits per heavy atom. The molecule has 13 heavy (non-hydrogen) atoms. The number of hydrogen-bond donors (Lipinski definition) is 2. The molecule has 0 bridgehead atoms. The third-order valence-electron chi connectivity index (χ3n) is 2.40. The van der Waals surface area contributed by atoms with Crippen LogP contribution in [0.25, 0.3) is 0 Å². The number of rotatable bonds is 4. The van der Waals surface area contributed by atoms with Crippen LogP contribution in [-0.2, 0) is 0 Å². The van der Waals surface area contributed by atoms with Gasteiger partial charge < -0.3 is 10.6 Å². The number of hydrogen-bond acceptors (Lipinski definition) is 1. The van der Waals surface area contributed by atoms with Gasteiger partial charge in [0.05, 0.1) is 0 Å². The maximum absolute atomic E-state index is 11.2. The summed E-state index contributed by atoms with van der Waals surface area (Å²) in [7, 11) is 0. The van der Waals surface area contributed by atoms with Crippen LogP contribution in [0, 0.1) is 6.92 Å². The van der Waals surface area contributed by atoms with E-state index in [-0.39, 0.29) is 6.03 Å². The third-order valence-corrected chi connectivity index (χ3v) is 2.40. The summed E-state index contributed by atoms with van der Waals surface area (Å²) < 4.78 is 0. The molecule has 2 N–H and O–H groups in total. The molecule has 1 radical (unpaired) electrons. The van der Waals surface area contributed by atoms with E-state index in [0.29, 0.717) is 6.04 Å². The van der Waals surface area contributed by atoms with E-state index in [1.54, 1.807) is 0 Å². The molecule has 0 spiro atoms. The van der Waals surface area contributed by atoms with Crippen LogP contribution in [0.4, 0.5) is 4.79 Å². The number of urea groups is 1. The van der Waals surface area contributed by atoms with Crippen LogP contribution in [0.15, 0.2) is 0 Å². The number of nitrogens with one attached hydrogen (secondary N) is 2. The molecule has 0 saturated heterocycles. The van der Waals surface area contributed by atoms with Gasteiger partial charge in [-0.2, -0.15) is 0 Å². The number of carbonyl (C=O) groups excluding carboxylic acids is 1. The highest BCUT2D eigenvalue weighted by molar-refractivity contribution is 5.74. The smallest absolute Gasteiger partial charge is 0.315 e. The summed E-state index contributed by atoms with van der Waals surface area (Å²) in [5, 5.41) is 5.79. The molecule has 0 unspecified atom stereocenters. The van der Waals surface area contributed by atoms with Crippen molar-refractivity contribution in [1.82, 2.24) is 10.6 Å². The van der Waals surface area contributed by atoms with Gasteiger partial charge in [0, 0.05) is 12.6 Å². The Kier molecular flexibility index (Phi) is 4.65.